The van der Waals surface area contributed by atoms with Gasteiger partial charge in [-0.1, -0.05) is 12.1 Å². The fraction of sp³-hybridized carbons (Fsp3) is 0.267. The number of para-hydroxylation sites is 1. The Morgan fingerprint density at radius 2 is 2.11 bits per heavy atom. The van der Waals surface area contributed by atoms with Gasteiger partial charge in [-0.05, 0) is 25.1 Å². The Morgan fingerprint density at radius 1 is 1.26 bits per heavy atom. The number of aromatic nitrogens is 1. The molecule has 0 radical (unpaired) electrons. The first-order valence-electron chi connectivity index (χ1n) is 6.33. The lowest BCUT2D eigenvalue weighted by Crippen LogP contribution is -2.04. The molecule has 98 valence electrons. The van der Waals surface area contributed by atoms with Crippen molar-refractivity contribution in [3.63, 3.8) is 0 Å². The average molecular weight is 257 g/mol. The van der Waals surface area contributed by atoms with Crippen molar-refractivity contribution in [3.8, 4) is 17.2 Å². The molecular formula is C15H15NO3. The molecule has 19 heavy (non-hydrogen) atoms. The van der Waals surface area contributed by atoms with E-state index in [9.17, 15) is 0 Å². The molecule has 1 aliphatic heterocycles. The minimum Gasteiger partial charge on any atom is -0.486 e. The summed E-state index contributed by atoms with van der Waals surface area (Å²) in [6, 6.07) is 9.49. The van der Waals surface area contributed by atoms with Crippen molar-refractivity contribution in [3.05, 3.63) is 48.3 Å². The molecule has 4 heteroatoms. The van der Waals surface area contributed by atoms with Gasteiger partial charge in [0.15, 0.2) is 11.5 Å². The first kappa shape index (κ1) is 12.0. The molecule has 1 aliphatic rings. The van der Waals surface area contributed by atoms with Crippen molar-refractivity contribution < 1.29 is 14.2 Å². The molecular weight excluding hydrogens is 242 g/mol. The lowest BCUT2D eigenvalue weighted by molar-refractivity contribution is 0.0467. The van der Waals surface area contributed by atoms with Crippen LogP contribution in [0.15, 0.2) is 42.7 Å². The highest BCUT2D eigenvalue weighted by atomic mass is 16.6. The monoisotopic (exact) mass is 257 g/mol. The Labute approximate surface area is 112 Å². The minimum atomic E-state index is 0.000917. The van der Waals surface area contributed by atoms with E-state index in [1.54, 1.807) is 12.4 Å². The van der Waals surface area contributed by atoms with Gasteiger partial charge in [-0.25, -0.2) is 0 Å². The molecule has 2 aromatic rings. The number of fused-ring (bicyclic) bond motifs is 1. The van der Waals surface area contributed by atoms with Gasteiger partial charge >= 0.3 is 0 Å². The van der Waals surface area contributed by atoms with Crippen molar-refractivity contribution in [2.45, 2.75) is 13.0 Å². The van der Waals surface area contributed by atoms with Crippen LogP contribution in [0.5, 0.6) is 17.2 Å². The third-order valence-electron chi connectivity index (χ3n) is 2.98. The summed E-state index contributed by atoms with van der Waals surface area (Å²) in [6.07, 6.45) is 3.39. The van der Waals surface area contributed by atoms with Gasteiger partial charge in [-0.2, -0.15) is 0 Å². The maximum Gasteiger partial charge on any atom is 0.169 e. The zero-order valence-electron chi connectivity index (χ0n) is 10.7. The quantitative estimate of drug-likeness (QED) is 0.842. The highest BCUT2D eigenvalue weighted by Crippen LogP contribution is 2.42. The lowest BCUT2D eigenvalue weighted by Gasteiger charge is -2.10. The van der Waals surface area contributed by atoms with E-state index in [0.29, 0.717) is 19.0 Å². The molecule has 0 bridgehead atoms. The number of hydrogen-bond donors (Lipinski definition) is 0. The normalized spacial score (nSPS) is 16.8. The highest BCUT2D eigenvalue weighted by molar-refractivity contribution is 5.51. The van der Waals surface area contributed by atoms with E-state index in [-0.39, 0.29) is 6.10 Å². The molecule has 1 atom stereocenters. The van der Waals surface area contributed by atoms with Crippen molar-refractivity contribution >= 4 is 0 Å². The summed E-state index contributed by atoms with van der Waals surface area (Å²) < 4.78 is 17.2. The van der Waals surface area contributed by atoms with Gasteiger partial charge in [0.1, 0.15) is 18.5 Å². The maximum absolute atomic E-state index is 5.83. The van der Waals surface area contributed by atoms with Gasteiger partial charge in [0, 0.05) is 24.6 Å². The average Bonchev–Trinajstić information content (AvgIpc) is 2.85. The minimum absolute atomic E-state index is 0.000917. The zero-order chi connectivity index (χ0) is 13.1. The Morgan fingerprint density at radius 3 is 2.89 bits per heavy atom. The Hall–Kier alpha value is -2.07. The van der Waals surface area contributed by atoms with E-state index in [1.165, 1.54) is 0 Å². The Bertz CT molecular complexity index is 557. The van der Waals surface area contributed by atoms with Crippen molar-refractivity contribution in [1.82, 2.24) is 4.98 Å². The smallest absolute Gasteiger partial charge is 0.169 e. The van der Waals surface area contributed by atoms with Crippen molar-refractivity contribution in [2.24, 2.45) is 0 Å². The summed E-state index contributed by atoms with van der Waals surface area (Å²) in [7, 11) is 0. The molecule has 3 rings (SSSR count). The predicted molar refractivity (Wildman–Crippen MR) is 70.6 cm³/mol. The second-order valence-corrected chi connectivity index (χ2v) is 4.21. The number of hydrogen-bond acceptors (Lipinski definition) is 4. The van der Waals surface area contributed by atoms with Crippen LogP contribution < -0.4 is 9.47 Å². The molecule has 0 spiro atoms. The summed E-state index contributed by atoms with van der Waals surface area (Å²) in [5.41, 5.74) is 1.05. The number of nitrogens with zero attached hydrogens (tertiary/aromatic N) is 1. The van der Waals surface area contributed by atoms with Crippen LogP contribution >= 0.6 is 0 Å². The number of ether oxygens (including phenoxy) is 3. The molecule has 0 fully saturated rings. The summed E-state index contributed by atoms with van der Waals surface area (Å²) in [5, 5.41) is 0. The largest absolute Gasteiger partial charge is 0.486 e. The second kappa shape index (κ2) is 5.28. The van der Waals surface area contributed by atoms with Crippen LogP contribution in [0.3, 0.4) is 0 Å². The van der Waals surface area contributed by atoms with Gasteiger partial charge < -0.3 is 14.2 Å². The number of pyridine rings is 1. The van der Waals surface area contributed by atoms with Crippen LogP contribution in [-0.2, 0) is 4.74 Å². The fourth-order valence-electron chi connectivity index (χ4n) is 2.14. The molecule has 0 unspecified atom stereocenters. The molecule has 2 heterocycles. The van der Waals surface area contributed by atoms with Gasteiger partial charge in [-0.15, -0.1) is 0 Å². The van der Waals surface area contributed by atoms with Gasteiger partial charge in [0.25, 0.3) is 0 Å². The summed E-state index contributed by atoms with van der Waals surface area (Å²) >= 11 is 0. The van der Waals surface area contributed by atoms with E-state index in [4.69, 9.17) is 14.2 Å². The third-order valence-corrected chi connectivity index (χ3v) is 2.98. The number of benzene rings is 1. The second-order valence-electron chi connectivity index (χ2n) is 4.21. The van der Waals surface area contributed by atoms with Gasteiger partial charge in [-0.3, -0.25) is 4.98 Å². The van der Waals surface area contributed by atoms with Gasteiger partial charge in [0.2, 0.25) is 0 Å². The zero-order valence-corrected chi connectivity index (χ0v) is 10.7. The van der Waals surface area contributed by atoms with Crippen molar-refractivity contribution in [2.75, 3.05) is 13.2 Å². The van der Waals surface area contributed by atoms with E-state index in [2.05, 4.69) is 4.98 Å². The van der Waals surface area contributed by atoms with Crippen molar-refractivity contribution in [1.29, 1.82) is 0 Å². The number of rotatable bonds is 4. The topological polar surface area (TPSA) is 40.6 Å². The predicted octanol–water partition coefficient (Wildman–Crippen LogP) is 3.34. The van der Waals surface area contributed by atoms with Gasteiger partial charge in [0.05, 0.1) is 0 Å². The molecule has 0 saturated carbocycles. The van der Waals surface area contributed by atoms with Crippen LogP contribution in [0.25, 0.3) is 0 Å². The molecule has 0 aliphatic carbocycles. The first-order chi connectivity index (χ1) is 9.38. The third kappa shape index (κ3) is 2.39. The SMILES string of the molecule is CCO[C@@H]1COc2c(Oc3ccncc3)cccc21. The van der Waals surface area contributed by atoms with E-state index < -0.39 is 0 Å². The van der Waals surface area contributed by atoms with Crippen LogP contribution in [0, 0.1) is 0 Å². The Kier molecular flexibility index (Phi) is 3.33. The summed E-state index contributed by atoms with van der Waals surface area (Å²) in [6.45, 7) is 3.19. The van der Waals surface area contributed by atoms with Crippen LogP contribution in [-0.4, -0.2) is 18.2 Å². The van der Waals surface area contributed by atoms with Crippen LogP contribution in [0.2, 0.25) is 0 Å². The summed E-state index contributed by atoms with van der Waals surface area (Å²) in [4.78, 5) is 3.96. The molecule has 0 saturated heterocycles. The van der Waals surface area contributed by atoms with Crippen LogP contribution in [0.4, 0.5) is 0 Å². The highest BCUT2D eigenvalue weighted by Gasteiger charge is 2.27. The molecule has 1 aromatic heterocycles. The Balaban J connectivity index is 1.88. The molecule has 0 amide bonds. The lowest BCUT2D eigenvalue weighted by atomic mass is 10.1. The molecule has 1 aromatic carbocycles. The van der Waals surface area contributed by atoms with E-state index >= 15 is 0 Å². The first-order valence-corrected chi connectivity index (χ1v) is 6.33. The standard InChI is InChI=1S/C15H15NO3/c1-2-17-14-10-18-15-12(14)4-3-5-13(15)19-11-6-8-16-9-7-11/h3-9,14H,2,10H2,1H3/t14-/m1/s1. The molecule has 0 N–H and O–H groups in total. The fourth-order valence-corrected chi connectivity index (χ4v) is 2.14. The molecule has 4 nitrogen and oxygen atoms in total. The van der Waals surface area contributed by atoms with E-state index in [1.807, 2.05) is 37.3 Å². The maximum atomic E-state index is 5.83. The summed E-state index contributed by atoms with van der Waals surface area (Å²) in [5.74, 6) is 2.23. The van der Waals surface area contributed by atoms with Crippen LogP contribution in [0.1, 0.15) is 18.6 Å². The van der Waals surface area contributed by atoms with E-state index in [0.717, 1.165) is 17.1 Å².